The Morgan fingerprint density at radius 1 is 1.05 bits per heavy atom. The number of imidazole rings is 1. The Labute approximate surface area is 257 Å². The van der Waals surface area contributed by atoms with Crippen molar-refractivity contribution in [3.63, 3.8) is 0 Å². The fraction of sp³-hybridized carbons (Fsp3) is 0.382. The maximum atomic E-state index is 13.6. The molecule has 0 spiro atoms. The molecule has 2 amide bonds. The first-order chi connectivity index (χ1) is 21.2. The van der Waals surface area contributed by atoms with Gasteiger partial charge in [0.1, 0.15) is 17.7 Å². The number of piperazine rings is 1. The quantitative estimate of drug-likeness (QED) is 0.268. The van der Waals surface area contributed by atoms with Gasteiger partial charge in [-0.15, -0.1) is 0 Å². The summed E-state index contributed by atoms with van der Waals surface area (Å²) in [6, 6.07) is 17.6. The number of hydrogen-bond donors (Lipinski definition) is 2. The van der Waals surface area contributed by atoms with E-state index in [0.29, 0.717) is 43.1 Å². The van der Waals surface area contributed by atoms with Gasteiger partial charge in [-0.25, -0.2) is 9.37 Å². The Hall–Kier alpha value is -4.44. The van der Waals surface area contributed by atoms with Crippen LogP contribution in [0.3, 0.4) is 0 Å². The van der Waals surface area contributed by atoms with Crippen LogP contribution in [0.25, 0.3) is 22.4 Å². The highest BCUT2D eigenvalue weighted by atomic mass is 19.1. The summed E-state index contributed by atoms with van der Waals surface area (Å²) in [7, 11) is 4.13. The van der Waals surface area contributed by atoms with Gasteiger partial charge in [0.2, 0.25) is 5.91 Å². The van der Waals surface area contributed by atoms with Gasteiger partial charge in [0.15, 0.2) is 0 Å². The number of fused-ring (bicyclic) bond motifs is 5. The number of benzene rings is 3. The van der Waals surface area contributed by atoms with E-state index in [1.807, 2.05) is 53.6 Å². The van der Waals surface area contributed by atoms with Crippen molar-refractivity contribution in [3.05, 3.63) is 72.0 Å². The Kier molecular flexibility index (Phi) is 8.27. The van der Waals surface area contributed by atoms with E-state index in [9.17, 15) is 14.0 Å². The van der Waals surface area contributed by atoms with Gasteiger partial charge in [-0.1, -0.05) is 13.8 Å². The summed E-state index contributed by atoms with van der Waals surface area (Å²) >= 11 is 0. The van der Waals surface area contributed by atoms with E-state index in [-0.39, 0.29) is 23.5 Å². The molecule has 0 aliphatic carbocycles. The normalized spacial score (nSPS) is 16.6. The van der Waals surface area contributed by atoms with Crippen LogP contribution >= 0.6 is 0 Å². The Morgan fingerprint density at radius 3 is 2.50 bits per heavy atom. The van der Waals surface area contributed by atoms with Crippen LogP contribution < -0.4 is 15.5 Å². The lowest BCUT2D eigenvalue weighted by molar-refractivity contribution is -0.120. The molecule has 10 heteroatoms. The summed E-state index contributed by atoms with van der Waals surface area (Å²) in [5, 5.41) is 6.64. The zero-order chi connectivity index (χ0) is 31.0. The number of carbonyl (C=O) groups excluding carboxylic acids is 2. The predicted molar refractivity (Wildman–Crippen MR) is 174 cm³/mol. The van der Waals surface area contributed by atoms with Crippen molar-refractivity contribution in [2.45, 2.75) is 26.3 Å². The van der Waals surface area contributed by atoms with Crippen molar-refractivity contribution in [2.75, 3.05) is 68.9 Å². The van der Waals surface area contributed by atoms with Gasteiger partial charge in [-0.2, -0.15) is 0 Å². The van der Waals surface area contributed by atoms with E-state index in [2.05, 4.69) is 40.6 Å². The predicted octanol–water partition coefficient (Wildman–Crippen LogP) is 5.32. The molecule has 3 heterocycles. The zero-order valence-electron chi connectivity index (χ0n) is 25.8. The maximum absolute atomic E-state index is 13.6. The Morgan fingerprint density at radius 2 is 1.80 bits per heavy atom. The first-order valence-corrected chi connectivity index (χ1v) is 15.4. The zero-order valence-corrected chi connectivity index (χ0v) is 25.8. The van der Waals surface area contributed by atoms with Crippen molar-refractivity contribution in [3.8, 4) is 11.4 Å². The first kappa shape index (κ1) is 29.6. The molecular formula is C34H40FN7O2. The molecule has 1 aromatic heterocycles. The van der Waals surface area contributed by atoms with Gasteiger partial charge in [0.05, 0.1) is 16.7 Å². The van der Waals surface area contributed by atoms with Gasteiger partial charge in [0.25, 0.3) is 5.91 Å². The van der Waals surface area contributed by atoms with Crippen LogP contribution in [0.4, 0.5) is 21.5 Å². The molecule has 2 N–H and O–H groups in total. The van der Waals surface area contributed by atoms with Gasteiger partial charge in [0, 0.05) is 55.2 Å². The summed E-state index contributed by atoms with van der Waals surface area (Å²) in [6.07, 6.45) is 1.01. The molecule has 0 saturated carbocycles. The van der Waals surface area contributed by atoms with Crippen LogP contribution in [0.5, 0.6) is 0 Å². The summed E-state index contributed by atoms with van der Waals surface area (Å²) in [4.78, 5) is 38.4. The minimum atomic E-state index is -0.458. The fourth-order valence-electron chi connectivity index (χ4n) is 6.21. The third-order valence-electron chi connectivity index (χ3n) is 8.50. The topological polar surface area (TPSA) is 85.7 Å². The number of halogens is 1. The minimum Gasteiger partial charge on any atom is -0.385 e. The molecule has 3 aromatic carbocycles. The van der Waals surface area contributed by atoms with Crippen molar-refractivity contribution in [1.29, 1.82) is 0 Å². The molecule has 4 aromatic rings. The maximum Gasteiger partial charge on any atom is 0.254 e. The molecular weight excluding hydrogens is 557 g/mol. The molecule has 1 fully saturated rings. The van der Waals surface area contributed by atoms with Gasteiger partial charge < -0.3 is 29.9 Å². The number of anilines is 3. The highest BCUT2D eigenvalue weighted by molar-refractivity contribution is 6.03. The molecule has 2 aliphatic rings. The molecule has 1 atom stereocenters. The molecule has 1 unspecified atom stereocenters. The molecule has 9 nitrogen and oxygen atoms in total. The van der Waals surface area contributed by atoms with E-state index in [4.69, 9.17) is 4.98 Å². The van der Waals surface area contributed by atoms with E-state index in [0.717, 1.165) is 47.7 Å². The second-order valence-electron chi connectivity index (χ2n) is 12.3. The van der Waals surface area contributed by atoms with Crippen LogP contribution in [0.2, 0.25) is 0 Å². The van der Waals surface area contributed by atoms with E-state index in [1.54, 1.807) is 12.1 Å². The lowest BCUT2D eigenvalue weighted by Crippen LogP contribution is -2.48. The molecule has 44 heavy (non-hydrogen) atoms. The SMILES string of the molecule is CC(C)C1C(=O)Nc2ccc(NCCCN(C)C)cc2-c2nc3cc(C(=O)N4CCN(c5ccc(F)cc5)CC4)ccc3n21. The third kappa shape index (κ3) is 5.86. The van der Waals surface area contributed by atoms with E-state index in [1.165, 1.54) is 12.1 Å². The van der Waals surface area contributed by atoms with Crippen LogP contribution in [0, 0.1) is 11.7 Å². The van der Waals surface area contributed by atoms with Crippen molar-refractivity contribution in [2.24, 2.45) is 5.92 Å². The largest absolute Gasteiger partial charge is 0.385 e. The standard InChI is InChI=1S/C34H40FN7O2/c1-22(2)31-33(43)38-28-12-9-25(36-14-5-15-39(3)4)21-27(28)32-37-29-20-23(6-13-30(29)42(31)32)34(44)41-18-16-40(17-19-41)26-10-7-24(35)8-11-26/h6-13,20-22,31,36H,5,14-19H2,1-4H3,(H,38,43). The number of hydrogen-bond acceptors (Lipinski definition) is 6. The molecule has 1 saturated heterocycles. The number of nitrogens with one attached hydrogen (secondary N) is 2. The highest BCUT2D eigenvalue weighted by Gasteiger charge is 2.34. The Balaban J connectivity index is 1.29. The Bertz CT molecular complexity index is 1670. The minimum absolute atomic E-state index is 0.0165. The summed E-state index contributed by atoms with van der Waals surface area (Å²) in [5.41, 5.74) is 5.58. The molecule has 0 radical (unpaired) electrons. The smallest absolute Gasteiger partial charge is 0.254 e. The molecule has 2 aliphatic heterocycles. The average Bonchev–Trinajstić information content (AvgIpc) is 3.32. The second kappa shape index (κ2) is 12.3. The van der Waals surface area contributed by atoms with Crippen molar-refractivity contribution in [1.82, 2.24) is 19.4 Å². The molecule has 0 bridgehead atoms. The summed E-state index contributed by atoms with van der Waals surface area (Å²) < 4.78 is 15.4. The lowest BCUT2D eigenvalue weighted by Gasteiger charge is -2.36. The lowest BCUT2D eigenvalue weighted by atomic mass is 10.0. The van der Waals surface area contributed by atoms with Gasteiger partial charge in [-0.05, 0) is 93.6 Å². The van der Waals surface area contributed by atoms with Crippen LogP contribution in [-0.4, -0.2) is 84.5 Å². The number of carbonyl (C=O) groups is 2. The van der Waals surface area contributed by atoms with Gasteiger partial charge in [-0.3, -0.25) is 9.59 Å². The number of amides is 2. The summed E-state index contributed by atoms with van der Waals surface area (Å²) in [6.45, 7) is 8.39. The highest BCUT2D eigenvalue weighted by Crippen LogP contribution is 2.40. The van der Waals surface area contributed by atoms with Crippen LogP contribution in [0.1, 0.15) is 36.7 Å². The third-order valence-corrected chi connectivity index (χ3v) is 8.50. The second-order valence-corrected chi connectivity index (χ2v) is 12.3. The summed E-state index contributed by atoms with van der Waals surface area (Å²) in [5.74, 6) is 0.345. The van der Waals surface area contributed by atoms with E-state index >= 15 is 0 Å². The fourth-order valence-corrected chi connectivity index (χ4v) is 6.21. The van der Waals surface area contributed by atoms with Crippen LogP contribution in [-0.2, 0) is 4.79 Å². The molecule has 230 valence electrons. The van der Waals surface area contributed by atoms with Gasteiger partial charge >= 0.3 is 0 Å². The number of nitrogens with zero attached hydrogens (tertiary/aromatic N) is 5. The number of rotatable bonds is 8. The van der Waals surface area contributed by atoms with E-state index < -0.39 is 6.04 Å². The van der Waals surface area contributed by atoms with Crippen molar-refractivity contribution >= 4 is 39.9 Å². The van der Waals surface area contributed by atoms with Crippen molar-refractivity contribution < 1.29 is 14.0 Å². The molecule has 6 rings (SSSR count). The first-order valence-electron chi connectivity index (χ1n) is 15.4. The van der Waals surface area contributed by atoms with Crippen LogP contribution in [0.15, 0.2) is 60.7 Å². The monoisotopic (exact) mass is 597 g/mol. The number of aromatic nitrogens is 2. The average molecular weight is 598 g/mol.